The van der Waals surface area contributed by atoms with Crippen LogP contribution in [0.4, 0.5) is 26.3 Å². The highest BCUT2D eigenvalue weighted by Gasteiger charge is 2.40. The summed E-state index contributed by atoms with van der Waals surface area (Å²) in [7, 11) is 0. The topological polar surface area (TPSA) is 158 Å². The van der Waals surface area contributed by atoms with Crippen LogP contribution in [-0.2, 0) is 12.4 Å². The molecule has 0 aliphatic heterocycles. The van der Waals surface area contributed by atoms with Crippen LogP contribution in [0.1, 0.15) is 52.6 Å². The van der Waals surface area contributed by atoms with E-state index in [1.54, 1.807) is 0 Å². The number of alkyl halides is 6. The molecular weight excluding hydrogens is 474 g/mol. The third-order valence-electron chi connectivity index (χ3n) is 3.96. The molecule has 0 unspecified atom stereocenters. The Labute approximate surface area is 177 Å². The SMILES string of the molecule is O=C(O)c1cc(Oc2cc(C(=O)O)c(C(=O)O)c(C(F)(F)F)c2)cc(C(F)(F)F)c1C(=O)O. The van der Waals surface area contributed by atoms with Crippen molar-refractivity contribution in [3.05, 3.63) is 57.6 Å². The molecule has 33 heavy (non-hydrogen) atoms. The zero-order valence-corrected chi connectivity index (χ0v) is 15.4. The number of carboxylic acid groups (broad SMARTS) is 4. The third-order valence-corrected chi connectivity index (χ3v) is 3.96. The predicted octanol–water partition coefficient (Wildman–Crippen LogP) is 4.31. The fourth-order valence-corrected chi connectivity index (χ4v) is 2.73. The lowest BCUT2D eigenvalue weighted by atomic mass is 9.99. The molecule has 0 heterocycles. The number of halogens is 6. The average molecular weight is 482 g/mol. The Bertz CT molecular complexity index is 1090. The Morgan fingerprint density at radius 2 is 0.879 bits per heavy atom. The lowest BCUT2D eigenvalue weighted by Gasteiger charge is -2.17. The number of hydrogen-bond acceptors (Lipinski definition) is 5. The molecule has 0 aromatic heterocycles. The fraction of sp³-hybridized carbons (Fsp3) is 0.111. The largest absolute Gasteiger partial charge is 0.478 e. The second-order valence-electron chi connectivity index (χ2n) is 6.10. The molecule has 2 aromatic rings. The maximum Gasteiger partial charge on any atom is 0.417 e. The van der Waals surface area contributed by atoms with Gasteiger partial charge in [0, 0.05) is 0 Å². The number of carboxylic acids is 4. The molecule has 0 fully saturated rings. The highest BCUT2D eigenvalue weighted by atomic mass is 19.4. The zero-order chi connectivity index (χ0) is 25.5. The number of ether oxygens (including phenoxy) is 1. The number of aromatic carboxylic acids is 4. The minimum absolute atomic E-state index is 0.0191. The van der Waals surface area contributed by atoms with E-state index in [2.05, 4.69) is 0 Å². The van der Waals surface area contributed by atoms with Crippen LogP contribution in [0.3, 0.4) is 0 Å². The molecule has 0 amide bonds. The summed E-state index contributed by atoms with van der Waals surface area (Å²) in [6, 6.07) is 0.489. The van der Waals surface area contributed by atoms with Gasteiger partial charge in [-0.1, -0.05) is 0 Å². The maximum absolute atomic E-state index is 13.3. The Balaban J connectivity index is 2.82. The molecule has 0 saturated heterocycles. The van der Waals surface area contributed by atoms with Crippen molar-refractivity contribution in [2.75, 3.05) is 0 Å². The molecule has 15 heteroatoms. The molecule has 9 nitrogen and oxygen atoms in total. The Hall–Kier alpha value is -4.30. The van der Waals surface area contributed by atoms with Gasteiger partial charge in [0.25, 0.3) is 0 Å². The van der Waals surface area contributed by atoms with Crippen molar-refractivity contribution in [3.63, 3.8) is 0 Å². The smallest absolute Gasteiger partial charge is 0.417 e. The number of benzene rings is 2. The highest BCUT2D eigenvalue weighted by Crippen LogP contribution is 2.40. The van der Waals surface area contributed by atoms with Crippen LogP contribution >= 0.6 is 0 Å². The van der Waals surface area contributed by atoms with Gasteiger partial charge >= 0.3 is 36.2 Å². The Morgan fingerprint density at radius 3 is 1.09 bits per heavy atom. The molecule has 2 rings (SSSR count). The molecule has 176 valence electrons. The summed E-state index contributed by atoms with van der Waals surface area (Å²) < 4.78 is 84.6. The van der Waals surface area contributed by atoms with E-state index >= 15 is 0 Å². The molecule has 0 spiro atoms. The molecule has 0 radical (unpaired) electrons. The summed E-state index contributed by atoms with van der Waals surface area (Å²) in [5.41, 5.74) is -10.2. The first-order chi connectivity index (χ1) is 14.9. The Morgan fingerprint density at radius 1 is 0.576 bits per heavy atom. The standard InChI is InChI=1S/C18H8F6O9/c19-17(20,21)9-3-5(1-7(13(25)26)11(9)15(29)30)33-6-2-8(14(27)28)12(16(31)32)10(4-6)18(22,23)24/h1-4H,(H,25,26)(H,27,28)(H,29,30)(H,31,32). The van der Waals surface area contributed by atoms with Crippen molar-refractivity contribution >= 4 is 23.9 Å². The quantitative estimate of drug-likeness (QED) is 0.440. The first-order valence-corrected chi connectivity index (χ1v) is 8.06. The van der Waals surface area contributed by atoms with Crippen molar-refractivity contribution in [1.29, 1.82) is 0 Å². The number of hydrogen-bond donors (Lipinski definition) is 4. The zero-order valence-electron chi connectivity index (χ0n) is 15.4. The molecular formula is C18H8F6O9. The van der Waals surface area contributed by atoms with Gasteiger partial charge in [0.1, 0.15) is 11.5 Å². The van der Waals surface area contributed by atoms with Gasteiger partial charge in [-0.2, -0.15) is 26.3 Å². The van der Waals surface area contributed by atoms with E-state index in [0.717, 1.165) is 0 Å². The minimum atomic E-state index is -5.44. The third kappa shape index (κ3) is 5.13. The van der Waals surface area contributed by atoms with Crippen LogP contribution in [0.15, 0.2) is 24.3 Å². The minimum Gasteiger partial charge on any atom is -0.478 e. The predicted molar refractivity (Wildman–Crippen MR) is 90.8 cm³/mol. The molecule has 0 aliphatic carbocycles. The summed E-state index contributed by atoms with van der Waals surface area (Å²) in [5.74, 6) is -11.1. The Kier molecular flexibility index (Phi) is 6.30. The van der Waals surface area contributed by atoms with Crippen molar-refractivity contribution in [2.24, 2.45) is 0 Å². The summed E-state index contributed by atoms with van der Waals surface area (Å²) in [6.45, 7) is 0. The lowest BCUT2D eigenvalue weighted by molar-refractivity contribution is -0.138. The highest BCUT2D eigenvalue weighted by molar-refractivity contribution is 6.04. The maximum atomic E-state index is 13.3. The van der Waals surface area contributed by atoms with Crippen LogP contribution in [0.2, 0.25) is 0 Å². The summed E-state index contributed by atoms with van der Waals surface area (Å²) in [5, 5.41) is 36.2. The second-order valence-corrected chi connectivity index (χ2v) is 6.10. The van der Waals surface area contributed by atoms with Gasteiger partial charge in [-0.25, -0.2) is 19.2 Å². The number of carbonyl (C=O) groups is 4. The van der Waals surface area contributed by atoms with E-state index in [1.807, 2.05) is 0 Å². The van der Waals surface area contributed by atoms with E-state index < -0.39 is 81.1 Å². The van der Waals surface area contributed by atoms with Gasteiger partial charge in [-0.15, -0.1) is 0 Å². The molecule has 0 saturated carbocycles. The van der Waals surface area contributed by atoms with E-state index in [1.165, 1.54) is 0 Å². The molecule has 0 aliphatic rings. The molecule has 0 atom stereocenters. The van der Waals surface area contributed by atoms with Gasteiger partial charge in [0.05, 0.1) is 33.4 Å². The van der Waals surface area contributed by atoms with Crippen LogP contribution in [0, 0.1) is 0 Å². The molecule has 0 bridgehead atoms. The normalized spacial score (nSPS) is 11.7. The van der Waals surface area contributed by atoms with Gasteiger partial charge in [-0.3, -0.25) is 0 Å². The lowest BCUT2D eigenvalue weighted by Crippen LogP contribution is -2.19. The van der Waals surface area contributed by atoms with E-state index in [0.29, 0.717) is 0 Å². The van der Waals surface area contributed by atoms with Gasteiger partial charge in [0.15, 0.2) is 0 Å². The average Bonchev–Trinajstić information content (AvgIpc) is 2.64. The van der Waals surface area contributed by atoms with Crippen molar-refractivity contribution in [2.45, 2.75) is 12.4 Å². The van der Waals surface area contributed by atoms with Crippen molar-refractivity contribution in [3.8, 4) is 11.5 Å². The monoisotopic (exact) mass is 482 g/mol. The first-order valence-electron chi connectivity index (χ1n) is 8.06. The molecule has 4 N–H and O–H groups in total. The van der Waals surface area contributed by atoms with Gasteiger partial charge < -0.3 is 25.2 Å². The summed E-state index contributed by atoms with van der Waals surface area (Å²) in [6.07, 6.45) is -10.9. The second kappa shape index (κ2) is 8.33. The fourth-order valence-electron chi connectivity index (χ4n) is 2.73. The van der Waals surface area contributed by atoms with Crippen molar-refractivity contribution < 1.29 is 70.7 Å². The number of rotatable bonds is 6. The summed E-state index contributed by atoms with van der Waals surface area (Å²) in [4.78, 5) is 44.9. The van der Waals surface area contributed by atoms with Gasteiger partial charge in [0.2, 0.25) is 0 Å². The van der Waals surface area contributed by atoms with E-state index in [-0.39, 0.29) is 24.3 Å². The van der Waals surface area contributed by atoms with Crippen LogP contribution in [0.5, 0.6) is 11.5 Å². The van der Waals surface area contributed by atoms with Gasteiger partial charge in [-0.05, 0) is 24.3 Å². The van der Waals surface area contributed by atoms with Crippen LogP contribution in [-0.4, -0.2) is 44.3 Å². The van der Waals surface area contributed by atoms with Crippen LogP contribution in [0.25, 0.3) is 0 Å². The van der Waals surface area contributed by atoms with E-state index in [4.69, 9.17) is 25.2 Å². The van der Waals surface area contributed by atoms with Crippen LogP contribution < -0.4 is 4.74 Å². The molecule has 2 aromatic carbocycles. The first kappa shape index (κ1) is 25.0. The van der Waals surface area contributed by atoms with Crippen molar-refractivity contribution in [1.82, 2.24) is 0 Å². The summed E-state index contributed by atoms with van der Waals surface area (Å²) >= 11 is 0. The van der Waals surface area contributed by atoms with E-state index in [9.17, 15) is 45.5 Å².